The molecule has 0 saturated carbocycles. The fourth-order valence-electron chi connectivity index (χ4n) is 1.74. The molecule has 0 radical (unpaired) electrons. The summed E-state index contributed by atoms with van der Waals surface area (Å²) in [5.74, 6) is -4.26. The van der Waals surface area contributed by atoms with Crippen LogP contribution in [0.2, 0.25) is 0 Å². The lowest BCUT2D eigenvalue weighted by Gasteiger charge is -2.21. The highest BCUT2D eigenvalue weighted by Crippen LogP contribution is 2.60. The molecule has 2 atom stereocenters. The van der Waals surface area contributed by atoms with Gasteiger partial charge in [0.05, 0.1) is 13.2 Å². The van der Waals surface area contributed by atoms with Crippen molar-refractivity contribution in [3.05, 3.63) is 0 Å². The van der Waals surface area contributed by atoms with Gasteiger partial charge in [0.15, 0.2) is 0 Å². The van der Waals surface area contributed by atoms with E-state index in [1.165, 1.54) is 0 Å². The van der Waals surface area contributed by atoms with Gasteiger partial charge in [-0.1, -0.05) is 0 Å². The van der Waals surface area contributed by atoms with Crippen molar-refractivity contribution in [2.24, 2.45) is 5.73 Å². The first-order chi connectivity index (χ1) is 13.0. The van der Waals surface area contributed by atoms with Gasteiger partial charge in [0.1, 0.15) is 18.6 Å². The van der Waals surface area contributed by atoms with Crippen LogP contribution in [-0.2, 0) is 32.8 Å². The SMILES string of the molecule is CCOP(=O)(OCC)SCC(NC(=O)CC[C@H](N)C(=O)O)C(=O)NCC(=O)O. The molecule has 1 unspecified atom stereocenters. The Bertz CT molecular complexity index is 595. The predicted octanol–water partition coefficient (Wildman–Crippen LogP) is -0.222. The summed E-state index contributed by atoms with van der Waals surface area (Å²) in [4.78, 5) is 45.5. The van der Waals surface area contributed by atoms with Crippen molar-refractivity contribution in [3.8, 4) is 0 Å². The summed E-state index contributed by atoms with van der Waals surface area (Å²) in [6, 6.07) is -2.48. The monoisotopic (exact) mass is 443 g/mol. The van der Waals surface area contributed by atoms with Crippen molar-refractivity contribution in [1.29, 1.82) is 0 Å². The Hall–Kier alpha value is -1.66. The zero-order chi connectivity index (χ0) is 21.7. The Morgan fingerprint density at radius 1 is 1.14 bits per heavy atom. The topological polar surface area (TPSA) is 194 Å². The minimum absolute atomic E-state index is 0.0968. The number of carboxylic acids is 2. The third-order valence-corrected chi connectivity index (χ3v) is 7.01. The number of carbonyl (C=O) groups excluding carboxylic acids is 2. The molecule has 28 heavy (non-hydrogen) atoms. The number of rotatable bonds is 15. The van der Waals surface area contributed by atoms with Crippen LogP contribution in [0.4, 0.5) is 0 Å². The van der Waals surface area contributed by atoms with E-state index in [1.54, 1.807) is 13.8 Å². The van der Waals surface area contributed by atoms with E-state index in [4.69, 9.17) is 25.0 Å². The molecule has 0 aliphatic rings. The van der Waals surface area contributed by atoms with Crippen molar-refractivity contribution in [2.75, 3.05) is 25.5 Å². The average Bonchev–Trinajstić information content (AvgIpc) is 2.61. The second-order valence-electron chi connectivity index (χ2n) is 5.29. The first-order valence-electron chi connectivity index (χ1n) is 8.35. The number of nitrogens with one attached hydrogen (secondary N) is 2. The number of nitrogens with two attached hydrogens (primary N) is 1. The van der Waals surface area contributed by atoms with Gasteiger partial charge in [-0.15, -0.1) is 0 Å². The number of hydrogen-bond acceptors (Lipinski definition) is 9. The molecule has 0 aromatic rings. The standard InChI is InChI=1S/C14H26N3O9PS/c1-3-25-27(24,26-4-2)28-8-10(13(21)16-7-12(19)20)17-11(18)6-5-9(15)14(22)23/h9-10H,3-8,15H2,1-2H3,(H,16,21)(H,17,18)(H,19,20)(H,22,23)/t9-,10?/m0/s1. The van der Waals surface area contributed by atoms with E-state index in [2.05, 4.69) is 10.6 Å². The van der Waals surface area contributed by atoms with Crippen LogP contribution in [0.25, 0.3) is 0 Å². The van der Waals surface area contributed by atoms with Crippen molar-refractivity contribution in [1.82, 2.24) is 10.6 Å². The molecule has 0 saturated heterocycles. The summed E-state index contributed by atoms with van der Waals surface area (Å²) < 4.78 is 22.6. The van der Waals surface area contributed by atoms with Gasteiger partial charge in [0.2, 0.25) is 11.8 Å². The van der Waals surface area contributed by atoms with Crippen LogP contribution in [0.15, 0.2) is 0 Å². The van der Waals surface area contributed by atoms with E-state index in [1.807, 2.05) is 0 Å². The van der Waals surface area contributed by atoms with Gasteiger partial charge in [-0.05, 0) is 31.7 Å². The zero-order valence-corrected chi connectivity index (χ0v) is 17.3. The van der Waals surface area contributed by atoms with Crippen molar-refractivity contribution in [3.63, 3.8) is 0 Å². The van der Waals surface area contributed by atoms with E-state index in [0.29, 0.717) is 11.4 Å². The maximum absolute atomic E-state index is 12.5. The van der Waals surface area contributed by atoms with Crippen LogP contribution in [-0.4, -0.2) is 71.6 Å². The summed E-state index contributed by atoms with van der Waals surface area (Å²) in [5, 5.41) is 21.8. The van der Waals surface area contributed by atoms with Crippen LogP contribution in [0.1, 0.15) is 26.7 Å². The number of carboxylic acid groups (broad SMARTS) is 2. The highest BCUT2D eigenvalue weighted by atomic mass is 32.7. The molecule has 0 aliphatic heterocycles. The normalized spacial score (nSPS) is 13.4. The van der Waals surface area contributed by atoms with Crippen LogP contribution in [0.3, 0.4) is 0 Å². The Balaban J connectivity index is 5.01. The molecule has 0 aliphatic carbocycles. The van der Waals surface area contributed by atoms with Crippen LogP contribution in [0.5, 0.6) is 0 Å². The molecule has 0 bridgehead atoms. The van der Waals surface area contributed by atoms with Crippen molar-refractivity contribution >= 4 is 41.9 Å². The van der Waals surface area contributed by atoms with Crippen LogP contribution < -0.4 is 16.4 Å². The van der Waals surface area contributed by atoms with Gasteiger partial charge in [0, 0.05) is 12.2 Å². The average molecular weight is 443 g/mol. The molecular weight excluding hydrogens is 417 g/mol. The highest BCUT2D eigenvalue weighted by molar-refractivity contribution is 8.55. The second-order valence-corrected chi connectivity index (χ2v) is 9.41. The molecule has 2 amide bonds. The van der Waals surface area contributed by atoms with Crippen molar-refractivity contribution < 1.29 is 43.0 Å². The van der Waals surface area contributed by atoms with Gasteiger partial charge in [-0.3, -0.25) is 19.2 Å². The highest BCUT2D eigenvalue weighted by Gasteiger charge is 2.30. The minimum atomic E-state index is -3.57. The van der Waals surface area contributed by atoms with E-state index in [0.717, 1.165) is 0 Å². The first kappa shape index (κ1) is 26.3. The van der Waals surface area contributed by atoms with E-state index >= 15 is 0 Å². The summed E-state index contributed by atoms with van der Waals surface area (Å²) in [5.41, 5.74) is 5.32. The first-order valence-corrected chi connectivity index (χ1v) is 11.5. The minimum Gasteiger partial charge on any atom is -0.480 e. The molecule has 0 heterocycles. The molecule has 14 heteroatoms. The Morgan fingerprint density at radius 2 is 1.71 bits per heavy atom. The molecule has 0 rings (SSSR count). The zero-order valence-electron chi connectivity index (χ0n) is 15.6. The fourth-order valence-corrected chi connectivity index (χ4v) is 5.24. The molecular formula is C14H26N3O9PS. The second kappa shape index (κ2) is 13.5. The summed E-state index contributed by atoms with van der Waals surface area (Å²) in [6.45, 7) is -0.830. The van der Waals surface area contributed by atoms with E-state index in [9.17, 15) is 23.7 Å². The lowest BCUT2D eigenvalue weighted by molar-refractivity contribution is -0.139. The molecule has 0 fully saturated rings. The van der Waals surface area contributed by atoms with Gasteiger partial charge in [-0.25, -0.2) is 4.57 Å². The van der Waals surface area contributed by atoms with Crippen LogP contribution in [0, 0.1) is 0 Å². The predicted molar refractivity (Wildman–Crippen MR) is 101 cm³/mol. The number of amides is 2. The van der Waals surface area contributed by atoms with Crippen LogP contribution >= 0.6 is 18.2 Å². The molecule has 6 N–H and O–H groups in total. The lowest BCUT2D eigenvalue weighted by atomic mass is 10.1. The van der Waals surface area contributed by atoms with Gasteiger partial charge in [-0.2, -0.15) is 0 Å². The third kappa shape index (κ3) is 11.2. The molecule has 0 aromatic heterocycles. The van der Waals surface area contributed by atoms with E-state index < -0.39 is 49.2 Å². The quantitative estimate of drug-likeness (QED) is 0.210. The Labute approximate surface area is 166 Å². The largest absolute Gasteiger partial charge is 0.480 e. The number of aliphatic carboxylic acids is 2. The summed E-state index contributed by atoms with van der Waals surface area (Å²) in [7, 11) is 0. The van der Waals surface area contributed by atoms with Gasteiger partial charge in [0.25, 0.3) is 0 Å². The third-order valence-electron chi connectivity index (χ3n) is 3.04. The van der Waals surface area contributed by atoms with Gasteiger partial charge >= 0.3 is 18.7 Å². The smallest absolute Gasteiger partial charge is 0.389 e. The Kier molecular flexibility index (Phi) is 12.7. The van der Waals surface area contributed by atoms with Crippen molar-refractivity contribution in [2.45, 2.75) is 38.8 Å². The maximum atomic E-state index is 12.5. The Morgan fingerprint density at radius 3 is 2.18 bits per heavy atom. The summed E-state index contributed by atoms with van der Waals surface area (Å²) in [6.07, 6.45) is -0.427. The number of carbonyl (C=O) groups is 4. The molecule has 12 nitrogen and oxygen atoms in total. The van der Waals surface area contributed by atoms with Gasteiger partial charge < -0.3 is 35.6 Å². The number of hydrogen-bond donors (Lipinski definition) is 5. The lowest BCUT2D eigenvalue weighted by Crippen LogP contribution is -2.49. The van der Waals surface area contributed by atoms with E-state index in [-0.39, 0.29) is 31.8 Å². The maximum Gasteiger partial charge on any atom is 0.389 e. The molecule has 0 spiro atoms. The summed E-state index contributed by atoms with van der Waals surface area (Å²) >= 11 is 0.684. The molecule has 162 valence electrons. The molecule has 0 aromatic carbocycles. The fraction of sp³-hybridized carbons (Fsp3) is 0.714.